The Bertz CT molecular complexity index is 1230. The molecule has 1 aromatic carbocycles. The summed E-state index contributed by atoms with van der Waals surface area (Å²) in [4.78, 5) is 63.1. The molecule has 34 heavy (non-hydrogen) atoms. The first kappa shape index (κ1) is 23.4. The van der Waals surface area contributed by atoms with Crippen molar-refractivity contribution in [1.82, 2.24) is 9.55 Å². The predicted molar refractivity (Wildman–Crippen MR) is 115 cm³/mol. The van der Waals surface area contributed by atoms with Crippen LogP contribution in [0.15, 0.2) is 46.0 Å². The Hall–Kier alpha value is -3.73. The van der Waals surface area contributed by atoms with Crippen LogP contribution in [0.1, 0.15) is 37.9 Å². The molecule has 1 saturated heterocycles. The van der Waals surface area contributed by atoms with E-state index in [4.69, 9.17) is 18.9 Å². The maximum atomic E-state index is 13.1. The van der Waals surface area contributed by atoms with Crippen molar-refractivity contribution in [3.63, 3.8) is 0 Å². The van der Waals surface area contributed by atoms with E-state index in [2.05, 4.69) is 4.98 Å². The molecule has 1 fully saturated rings. The lowest BCUT2D eigenvalue weighted by atomic mass is 9.84. The monoisotopic (exact) mass is 472 g/mol. The number of ether oxygens (including phenoxy) is 4. The summed E-state index contributed by atoms with van der Waals surface area (Å²) in [6.45, 7) is 3.25. The minimum Gasteiger partial charge on any atom is -0.463 e. The van der Waals surface area contributed by atoms with Gasteiger partial charge < -0.3 is 18.9 Å². The number of benzene rings is 1. The summed E-state index contributed by atoms with van der Waals surface area (Å²) >= 11 is 0. The van der Waals surface area contributed by atoms with Crippen molar-refractivity contribution >= 4 is 17.9 Å². The lowest BCUT2D eigenvalue weighted by Gasteiger charge is -2.37. The second-order valence-electron chi connectivity index (χ2n) is 8.25. The normalized spacial score (nSPS) is 27.3. The SMILES string of the molecule is CC(=O)OC[C@H]1O[C@@]2([C@H](OC(C)=O)[C@@H]1OC(C)=O)[C@H](c1ccccc1)Cc1cc(=O)[nH]c(=O)n12. The van der Waals surface area contributed by atoms with Crippen molar-refractivity contribution in [2.45, 2.75) is 57.1 Å². The summed E-state index contributed by atoms with van der Waals surface area (Å²) in [6, 6.07) is 10.3. The molecule has 0 aliphatic carbocycles. The van der Waals surface area contributed by atoms with Crippen LogP contribution in [0.5, 0.6) is 0 Å². The van der Waals surface area contributed by atoms with Crippen LogP contribution >= 0.6 is 0 Å². The smallest absolute Gasteiger partial charge is 0.331 e. The lowest BCUT2D eigenvalue weighted by Crippen LogP contribution is -2.54. The number of nitrogens with zero attached hydrogens (tertiary/aromatic N) is 1. The molecule has 2 aromatic rings. The van der Waals surface area contributed by atoms with Gasteiger partial charge in [0.15, 0.2) is 17.9 Å². The quantitative estimate of drug-likeness (QED) is 0.482. The number of hydrogen-bond donors (Lipinski definition) is 1. The largest absolute Gasteiger partial charge is 0.463 e. The van der Waals surface area contributed by atoms with Gasteiger partial charge in [-0.15, -0.1) is 0 Å². The molecule has 1 aromatic heterocycles. The first-order chi connectivity index (χ1) is 16.1. The number of aromatic nitrogens is 2. The summed E-state index contributed by atoms with van der Waals surface area (Å²) < 4.78 is 23.9. The Morgan fingerprint density at radius 1 is 1.06 bits per heavy atom. The van der Waals surface area contributed by atoms with E-state index in [1.165, 1.54) is 31.4 Å². The molecule has 0 bridgehead atoms. The second kappa shape index (κ2) is 8.90. The number of fused-ring (bicyclic) bond motifs is 2. The van der Waals surface area contributed by atoms with Crippen LogP contribution in [0.3, 0.4) is 0 Å². The molecular formula is C23H24N2O9. The van der Waals surface area contributed by atoms with Gasteiger partial charge in [-0.2, -0.15) is 0 Å². The van der Waals surface area contributed by atoms with Crippen LogP contribution < -0.4 is 11.2 Å². The summed E-state index contributed by atoms with van der Waals surface area (Å²) in [6.07, 6.45) is -3.34. The molecule has 2 aliphatic heterocycles. The maximum Gasteiger partial charge on any atom is 0.331 e. The van der Waals surface area contributed by atoms with Crippen LogP contribution in [0, 0.1) is 0 Å². The number of rotatable bonds is 5. The number of hydrogen-bond acceptors (Lipinski definition) is 9. The van der Waals surface area contributed by atoms with E-state index in [-0.39, 0.29) is 13.0 Å². The number of carbonyl (C=O) groups excluding carboxylic acids is 3. The second-order valence-corrected chi connectivity index (χ2v) is 8.25. The van der Waals surface area contributed by atoms with Crippen LogP contribution in [0.2, 0.25) is 0 Å². The fourth-order valence-corrected chi connectivity index (χ4v) is 4.89. The molecule has 0 unspecified atom stereocenters. The molecule has 1 spiro atoms. The van der Waals surface area contributed by atoms with E-state index in [0.717, 1.165) is 5.56 Å². The predicted octanol–water partition coefficient (Wildman–Crippen LogP) is 0.355. The molecule has 2 aliphatic rings. The van der Waals surface area contributed by atoms with Crippen molar-refractivity contribution in [2.75, 3.05) is 6.61 Å². The van der Waals surface area contributed by atoms with Crippen LogP contribution in [-0.4, -0.2) is 52.4 Å². The zero-order valence-electron chi connectivity index (χ0n) is 18.8. The number of H-pyrrole nitrogens is 1. The third-order valence-corrected chi connectivity index (χ3v) is 5.94. The van der Waals surface area contributed by atoms with Gasteiger partial charge >= 0.3 is 23.6 Å². The molecule has 0 radical (unpaired) electrons. The summed E-state index contributed by atoms with van der Waals surface area (Å²) in [7, 11) is 0. The minimum atomic E-state index is -1.69. The molecular weight excluding hydrogens is 448 g/mol. The summed E-state index contributed by atoms with van der Waals surface area (Å²) in [5.74, 6) is -2.58. The van der Waals surface area contributed by atoms with Crippen molar-refractivity contribution in [2.24, 2.45) is 0 Å². The molecule has 4 rings (SSSR count). The van der Waals surface area contributed by atoms with Crippen LogP contribution in [-0.2, 0) is 45.5 Å². The Morgan fingerprint density at radius 2 is 1.74 bits per heavy atom. The number of esters is 3. The van der Waals surface area contributed by atoms with E-state index in [1.54, 1.807) is 12.1 Å². The van der Waals surface area contributed by atoms with Crippen molar-refractivity contribution in [1.29, 1.82) is 0 Å². The van der Waals surface area contributed by atoms with Crippen molar-refractivity contribution in [3.8, 4) is 0 Å². The molecule has 5 atom stereocenters. The highest BCUT2D eigenvalue weighted by Crippen LogP contribution is 2.52. The van der Waals surface area contributed by atoms with Crippen LogP contribution in [0.25, 0.3) is 0 Å². The molecule has 1 N–H and O–H groups in total. The first-order valence-corrected chi connectivity index (χ1v) is 10.7. The lowest BCUT2D eigenvalue weighted by molar-refractivity contribution is -0.185. The van der Waals surface area contributed by atoms with Crippen molar-refractivity contribution in [3.05, 3.63) is 68.5 Å². The molecule has 0 saturated carbocycles. The fraction of sp³-hybridized carbons (Fsp3) is 0.435. The minimum absolute atomic E-state index is 0.202. The van der Waals surface area contributed by atoms with E-state index in [9.17, 15) is 24.0 Å². The van der Waals surface area contributed by atoms with E-state index in [0.29, 0.717) is 5.69 Å². The fourth-order valence-electron chi connectivity index (χ4n) is 4.89. The third-order valence-electron chi connectivity index (χ3n) is 5.94. The van der Waals surface area contributed by atoms with E-state index in [1.807, 2.05) is 18.2 Å². The van der Waals surface area contributed by atoms with Gasteiger partial charge in [0.1, 0.15) is 12.7 Å². The van der Waals surface area contributed by atoms with Crippen LogP contribution in [0.4, 0.5) is 0 Å². The average molecular weight is 472 g/mol. The Balaban J connectivity index is 1.97. The van der Waals surface area contributed by atoms with Gasteiger partial charge in [-0.3, -0.25) is 28.7 Å². The molecule has 0 amide bonds. The van der Waals surface area contributed by atoms with Gasteiger partial charge in [-0.25, -0.2) is 4.79 Å². The topological polar surface area (TPSA) is 143 Å². The summed E-state index contributed by atoms with van der Waals surface area (Å²) in [5.41, 5.74) is -1.95. The highest BCUT2D eigenvalue weighted by Gasteiger charge is 2.67. The molecule has 11 nitrogen and oxygen atoms in total. The third kappa shape index (κ3) is 4.03. The van der Waals surface area contributed by atoms with Gasteiger partial charge in [0, 0.05) is 38.4 Å². The Morgan fingerprint density at radius 3 is 2.35 bits per heavy atom. The number of carbonyl (C=O) groups is 3. The highest BCUT2D eigenvalue weighted by molar-refractivity contribution is 5.68. The number of aromatic amines is 1. The number of nitrogens with one attached hydrogen (secondary N) is 1. The zero-order valence-corrected chi connectivity index (χ0v) is 18.8. The van der Waals surface area contributed by atoms with Gasteiger partial charge in [-0.05, 0) is 12.0 Å². The van der Waals surface area contributed by atoms with Crippen molar-refractivity contribution < 1.29 is 33.3 Å². The molecule has 3 heterocycles. The average Bonchev–Trinajstić information content (AvgIpc) is 3.22. The summed E-state index contributed by atoms with van der Waals surface area (Å²) in [5, 5.41) is 0. The highest BCUT2D eigenvalue weighted by atomic mass is 16.7. The standard InChI is InChI=1S/C23H24N2O9/c1-12(26)31-11-18-20(32-13(2)27)21(33-14(3)28)23(34-18)17(15-7-5-4-6-8-15)9-16-10-19(29)24-22(30)25(16)23/h4-8,10,17-18,20-21H,9,11H2,1-3H3,(H,24,29,30)/t17-,18+,20+,21+,23+/m0/s1. The maximum absolute atomic E-state index is 13.1. The Labute approximate surface area is 193 Å². The van der Waals surface area contributed by atoms with Gasteiger partial charge in [0.2, 0.25) is 0 Å². The van der Waals surface area contributed by atoms with Gasteiger partial charge in [-0.1, -0.05) is 30.3 Å². The van der Waals surface area contributed by atoms with E-state index >= 15 is 0 Å². The van der Waals surface area contributed by atoms with E-state index < -0.39 is 59.1 Å². The van der Waals surface area contributed by atoms with Gasteiger partial charge in [0.25, 0.3) is 5.56 Å². The Kier molecular flexibility index (Phi) is 6.13. The molecule has 180 valence electrons. The zero-order chi connectivity index (χ0) is 24.6. The molecule has 11 heteroatoms. The first-order valence-electron chi connectivity index (χ1n) is 10.7. The van der Waals surface area contributed by atoms with Gasteiger partial charge in [0.05, 0.1) is 0 Å².